The summed E-state index contributed by atoms with van der Waals surface area (Å²) in [6.45, 7) is 2.36. The first-order valence-corrected chi connectivity index (χ1v) is 8.55. The number of carbonyl (C=O) groups excluding carboxylic acids is 3. The van der Waals surface area contributed by atoms with Gasteiger partial charge in [-0.15, -0.1) is 0 Å². The Morgan fingerprint density at radius 3 is 2.31 bits per heavy atom. The van der Waals surface area contributed by atoms with Gasteiger partial charge in [0.15, 0.2) is 5.76 Å². The van der Waals surface area contributed by atoms with Crippen LogP contribution in [-0.2, 0) is 9.59 Å². The summed E-state index contributed by atoms with van der Waals surface area (Å²) in [5.74, 6) is 0.304. The number of rotatable bonds is 7. The van der Waals surface area contributed by atoms with Crippen molar-refractivity contribution in [3.05, 3.63) is 48.4 Å². The molecule has 136 valence electrons. The molecule has 3 amide bonds. The molecule has 1 aromatic carbocycles. The van der Waals surface area contributed by atoms with E-state index < -0.39 is 0 Å². The molecular formula is C19H21N3O4. The lowest BCUT2D eigenvalue weighted by molar-refractivity contribution is -0.122. The maximum Gasteiger partial charge on any atom is 0.291 e. The highest BCUT2D eigenvalue weighted by Gasteiger charge is 2.38. The molecule has 3 rings (SSSR count). The van der Waals surface area contributed by atoms with Crippen LogP contribution >= 0.6 is 0 Å². The van der Waals surface area contributed by atoms with Crippen LogP contribution in [0.2, 0.25) is 0 Å². The molecule has 1 aromatic heterocycles. The number of furan rings is 1. The smallest absolute Gasteiger partial charge is 0.291 e. The van der Waals surface area contributed by atoms with E-state index in [-0.39, 0.29) is 35.8 Å². The van der Waals surface area contributed by atoms with Gasteiger partial charge in [0.2, 0.25) is 11.8 Å². The number of benzene rings is 1. The van der Waals surface area contributed by atoms with Crippen molar-refractivity contribution in [2.24, 2.45) is 11.8 Å². The molecule has 3 N–H and O–H groups in total. The lowest BCUT2D eigenvalue weighted by Crippen LogP contribution is -2.29. The zero-order chi connectivity index (χ0) is 18.5. The predicted molar refractivity (Wildman–Crippen MR) is 96.6 cm³/mol. The van der Waals surface area contributed by atoms with E-state index >= 15 is 0 Å². The summed E-state index contributed by atoms with van der Waals surface area (Å²) in [5, 5.41) is 8.23. The third-order valence-corrected chi connectivity index (χ3v) is 4.27. The van der Waals surface area contributed by atoms with Crippen LogP contribution in [-0.4, -0.2) is 24.3 Å². The number of nitrogens with one attached hydrogen (secondary N) is 3. The topological polar surface area (TPSA) is 100 Å². The van der Waals surface area contributed by atoms with Crippen molar-refractivity contribution >= 4 is 29.1 Å². The van der Waals surface area contributed by atoms with Gasteiger partial charge in [-0.2, -0.15) is 0 Å². The molecule has 0 bridgehead atoms. The Hall–Kier alpha value is -3.09. The highest BCUT2D eigenvalue weighted by molar-refractivity contribution is 6.02. The molecule has 1 fully saturated rings. The maximum atomic E-state index is 11.9. The highest BCUT2D eigenvalue weighted by Crippen LogP contribution is 2.37. The monoisotopic (exact) mass is 355 g/mol. The van der Waals surface area contributed by atoms with Crippen LogP contribution in [0.25, 0.3) is 0 Å². The van der Waals surface area contributed by atoms with Gasteiger partial charge in [-0.3, -0.25) is 14.4 Å². The minimum atomic E-state index is -0.340. The number of hydrogen-bond donors (Lipinski definition) is 3. The van der Waals surface area contributed by atoms with Crippen molar-refractivity contribution in [1.82, 2.24) is 5.32 Å². The van der Waals surface area contributed by atoms with Crippen molar-refractivity contribution in [3.8, 4) is 0 Å². The molecule has 0 spiro atoms. The van der Waals surface area contributed by atoms with Gasteiger partial charge in [0, 0.05) is 30.3 Å². The quantitative estimate of drug-likeness (QED) is 0.711. The zero-order valence-electron chi connectivity index (χ0n) is 14.5. The number of amides is 3. The third-order valence-electron chi connectivity index (χ3n) is 4.27. The highest BCUT2D eigenvalue weighted by atomic mass is 16.3. The summed E-state index contributed by atoms with van der Waals surface area (Å²) in [4.78, 5) is 35.5. The van der Waals surface area contributed by atoms with Crippen LogP contribution in [0.5, 0.6) is 0 Å². The van der Waals surface area contributed by atoms with Crippen LogP contribution in [0.3, 0.4) is 0 Å². The van der Waals surface area contributed by atoms with Gasteiger partial charge in [-0.25, -0.2) is 0 Å². The molecule has 7 heteroatoms. The summed E-state index contributed by atoms with van der Waals surface area (Å²) < 4.78 is 5.02. The molecule has 1 saturated carbocycles. The molecule has 0 radical (unpaired) electrons. The van der Waals surface area contributed by atoms with E-state index in [1.165, 1.54) is 6.26 Å². The molecular weight excluding hydrogens is 334 g/mol. The minimum Gasteiger partial charge on any atom is -0.459 e. The maximum absolute atomic E-state index is 11.9. The molecule has 2 unspecified atom stereocenters. The lowest BCUT2D eigenvalue weighted by atomic mass is 10.2. The van der Waals surface area contributed by atoms with Gasteiger partial charge in [-0.1, -0.05) is 6.92 Å². The SMILES string of the molecule is CC1CC1C(=O)NCCC(=O)Nc1ccc(NC(=O)c2ccco2)cc1. The molecule has 7 nitrogen and oxygen atoms in total. The van der Waals surface area contributed by atoms with E-state index in [9.17, 15) is 14.4 Å². The Kier molecular flexibility index (Phi) is 5.36. The number of hydrogen-bond acceptors (Lipinski definition) is 4. The molecule has 1 heterocycles. The van der Waals surface area contributed by atoms with Crippen LogP contribution in [0.15, 0.2) is 47.1 Å². The first kappa shape index (κ1) is 17.7. The fourth-order valence-electron chi connectivity index (χ4n) is 2.58. The fraction of sp³-hybridized carbons (Fsp3) is 0.316. The standard InChI is InChI=1S/C19H21N3O4/c1-12-11-15(12)18(24)20-9-8-17(23)21-13-4-6-14(7-5-13)22-19(25)16-3-2-10-26-16/h2-7,10,12,15H,8-9,11H2,1H3,(H,20,24)(H,21,23)(H,22,25). The molecule has 2 aromatic rings. The van der Waals surface area contributed by atoms with Gasteiger partial charge >= 0.3 is 0 Å². The average Bonchev–Trinajstić information content (AvgIpc) is 3.10. The average molecular weight is 355 g/mol. The number of anilines is 2. The molecule has 26 heavy (non-hydrogen) atoms. The minimum absolute atomic E-state index is 0.0296. The second-order valence-corrected chi connectivity index (χ2v) is 6.42. The number of carbonyl (C=O) groups is 3. The van der Waals surface area contributed by atoms with Gasteiger partial charge < -0.3 is 20.4 Å². The third kappa shape index (κ3) is 4.72. The van der Waals surface area contributed by atoms with E-state index in [0.29, 0.717) is 23.8 Å². The Morgan fingerprint density at radius 2 is 1.73 bits per heavy atom. The van der Waals surface area contributed by atoms with Crippen LogP contribution in [0, 0.1) is 11.8 Å². The summed E-state index contributed by atoms with van der Waals surface area (Å²) in [6.07, 6.45) is 2.58. The Bertz CT molecular complexity index is 784. The lowest BCUT2D eigenvalue weighted by Gasteiger charge is -2.08. The molecule has 2 atom stereocenters. The molecule has 1 aliphatic rings. The van der Waals surface area contributed by atoms with E-state index in [2.05, 4.69) is 16.0 Å². The van der Waals surface area contributed by atoms with Gasteiger partial charge in [0.1, 0.15) is 0 Å². The van der Waals surface area contributed by atoms with Crippen LogP contribution in [0.4, 0.5) is 11.4 Å². The molecule has 1 aliphatic carbocycles. The summed E-state index contributed by atoms with van der Waals surface area (Å²) in [6, 6.07) is 9.98. The van der Waals surface area contributed by atoms with E-state index in [1.807, 2.05) is 6.92 Å². The summed E-state index contributed by atoms with van der Waals surface area (Å²) in [7, 11) is 0. The fourth-order valence-corrected chi connectivity index (χ4v) is 2.58. The van der Waals surface area contributed by atoms with Gasteiger partial charge in [0.25, 0.3) is 5.91 Å². The molecule has 0 aliphatic heterocycles. The normalized spacial score (nSPS) is 18.0. The molecule has 0 saturated heterocycles. The predicted octanol–water partition coefficient (Wildman–Crippen LogP) is 2.63. The van der Waals surface area contributed by atoms with E-state index in [4.69, 9.17) is 4.42 Å². The van der Waals surface area contributed by atoms with Gasteiger partial charge in [0.05, 0.1) is 6.26 Å². The second kappa shape index (κ2) is 7.86. The second-order valence-electron chi connectivity index (χ2n) is 6.42. The van der Waals surface area contributed by atoms with Crippen LogP contribution in [0.1, 0.15) is 30.3 Å². The zero-order valence-corrected chi connectivity index (χ0v) is 14.5. The Morgan fingerprint density at radius 1 is 1.08 bits per heavy atom. The first-order chi connectivity index (χ1) is 12.5. The van der Waals surface area contributed by atoms with Crippen molar-refractivity contribution in [2.75, 3.05) is 17.2 Å². The van der Waals surface area contributed by atoms with Crippen molar-refractivity contribution in [3.63, 3.8) is 0 Å². The van der Waals surface area contributed by atoms with Crippen molar-refractivity contribution in [1.29, 1.82) is 0 Å². The van der Waals surface area contributed by atoms with Crippen molar-refractivity contribution in [2.45, 2.75) is 19.8 Å². The Labute approximate surface area is 151 Å². The summed E-state index contributed by atoms with van der Waals surface area (Å²) in [5.41, 5.74) is 1.21. The van der Waals surface area contributed by atoms with Gasteiger partial charge in [-0.05, 0) is 48.7 Å². The summed E-state index contributed by atoms with van der Waals surface area (Å²) >= 11 is 0. The van der Waals surface area contributed by atoms with E-state index in [0.717, 1.165) is 6.42 Å². The first-order valence-electron chi connectivity index (χ1n) is 8.55. The largest absolute Gasteiger partial charge is 0.459 e. The van der Waals surface area contributed by atoms with Crippen molar-refractivity contribution < 1.29 is 18.8 Å². The van der Waals surface area contributed by atoms with E-state index in [1.54, 1.807) is 36.4 Å². The Balaban J connectivity index is 1.41. The van der Waals surface area contributed by atoms with Crippen LogP contribution < -0.4 is 16.0 Å².